The average molecular weight is 546 g/mol. The van der Waals surface area contributed by atoms with Crippen molar-refractivity contribution in [3.05, 3.63) is 94.7 Å². The van der Waals surface area contributed by atoms with Crippen molar-refractivity contribution < 1.29 is 4.79 Å². The molecule has 0 bridgehead atoms. The molecule has 1 amide bonds. The number of likely N-dealkylation sites (tertiary alicyclic amines) is 1. The van der Waals surface area contributed by atoms with Crippen molar-refractivity contribution in [3.8, 4) is 0 Å². The van der Waals surface area contributed by atoms with Crippen LogP contribution in [0.25, 0.3) is 11.8 Å². The predicted octanol–water partition coefficient (Wildman–Crippen LogP) is 8.80. The second-order valence-electron chi connectivity index (χ2n) is 10.3. The van der Waals surface area contributed by atoms with E-state index in [1.807, 2.05) is 78.8 Å². The Morgan fingerprint density at radius 3 is 2.25 bits per heavy atom. The number of nitrogens with two attached hydrogens (primary N) is 1. The Labute approximate surface area is 245 Å². The number of hydrogen-bond acceptors (Lipinski definition) is 3. The molecule has 3 N–H and O–H groups in total. The molecule has 2 fully saturated rings. The molecular weight excluding hydrogens is 490 g/mol. The summed E-state index contributed by atoms with van der Waals surface area (Å²) in [6.45, 7) is 21.6. The molecular formula is C36H55N3O. The van der Waals surface area contributed by atoms with Crippen molar-refractivity contribution in [1.82, 2.24) is 10.2 Å². The molecule has 1 saturated carbocycles. The Balaban J connectivity index is 0.00000105. The molecule has 40 heavy (non-hydrogen) atoms. The largest absolute Gasteiger partial charge is 0.399 e. The summed E-state index contributed by atoms with van der Waals surface area (Å²) in [4.78, 5) is 15.4. The van der Waals surface area contributed by atoms with Gasteiger partial charge in [0, 0.05) is 17.0 Å². The minimum atomic E-state index is -0.0520. The van der Waals surface area contributed by atoms with E-state index in [1.54, 1.807) is 6.08 Å². The Kier molecular flexibility index (Phi) is 16.0. The molecule has 1 aliphatic heterocycles. The number of carbonyl (C=O) groups excluding carboxylic acids is 1. The number of piperidine rings is 1. The predicted molar refractivity (Wildman–Crippen MR) is 176 cm³/mol. The lowest BCUT2D eigenvalue weighted by molar-refractivity contribution is 0.0966. The van der Waals surface area contributed by atoms with Crippen LogP contribution >= 0.6 is 0 Å². The first-order chi connectivity index (χ1) is 19.3. The van der Waals surface area contributed by atoms with Crippen molar-refractivity contribution in [1.29, 1.82) is 0 Å². The third kappa shape index (κ3) is 10.5. The van der Waals surface area contributed by atoms with Crippen LogP contribution in [-0.4, -0.2) is 30.9 Å². The van der Waals surface area contributed by atoms with Crippen molar-refractivity contribution in [3.63, 3.8) is 0 Å². The first kappa shape index (κ1) is 34.9. The molecule has 4 nitrogen and oxygen atoms in total. The summed E-state index contributed by atoms with van der Waals surface area (Å²) < 4.78 is 0. The fourth-order valence-corrected chi connectivity index (χ4v) is 5.15. The Hall–Kier alpha value is -3.11. The molecule has 0 spiro atoms. The van der Waals surface area contributed by atoms with E-state index in [1.165, 1.54) is 37.9 Å². The maximum atomic E-state index is 13.0. The zero-order valence-electron chi connectivity index (χ0n) is 26.7. The lowest BCUT2D eigenvalue weighted by atomic mass is 9.90. The Morgan fingerprint density at radius 2 is 1.65 bits per heavy atom. The fourth-order valence-electron chi connectivity index (χ4n) is 5.15. The summed E-state index contributed by atoms with van der Waals surface area (Å²) in [6, 6.07) is 14.4. The van der Waals surface area contributed by atoms with Gasteiger partial charge in [0.2, 0.25) is 0 Å². The van der Waals surface area contributed by atoms with Gasteiger partial charge in [-0.3, -0.25) is 4.79 Å². The van der Waals surface area contributed by atoms with Crippen LogP contribution in [0, 0.1) is 18.8 Å². The fraction of sp³-hybridized carbons (Fsp3) is 0.472. The normalized spacial score (nSPS) is 19.0. The van der Waals surface area contributed by atoms with Gasteiger partial charge in [-0.1, -0.05) is 64.1 Å². The molecule has 4 heteroatoms. The first-order valence-corrected chi connectivity index (χ1v) is 15.1. The number of nitrogens with zero attached hydrogens (tertiary/aromatic N) is 1. The molecule has 2 unspecified atom stereocenters. The van der Waals surface area contributed by atoms with Crippen molar-refractivity contribution >= 4 is 17.7 Å². The molecule has 220 valence electrons. The van der Waals surface area contributed by atoms with Crippen LogP contribution in [0.2, 0.25) is 0 Å². The second-order valence-corrected chi connectivity index (χ2v) is 10.3. The molecule has 4 rings (SSSR count). The number of allylic oxidation sites excluding steroid dienone is 3. The van der Waals surface area contributed by atoms with Gasteiger partial charge >= 0.3 is 0 Å². The number of rotatable bonds is 6. The molecule has 0 radical (unpaired) electrons. The van der Waals surface area contributed by atoms with Gasteiger partial charge in [-0.2, -0.15) is 0 Å². The zero-order chi connectivity index (χ0) is 30.2. The van der Waals surface area contributed by atoms with E-state index in [2.05, 4.69) is 55.0 Å². The van der Waals surface area contributed by atoms with Gasteiger partial charge < -0.3 is 16.0 Å². The average Bonchev–Trinajstić information content (AvgIpc) is 3.78. The van der Waals surface area contributed by atoms with Gasteiger partial charge in [-0.25, -0.2) is 0 Å². The summed E-state index contributed by atoms with van der Waals surface area (Å²) in [6.07, 6.45) is 9.55. The van der Waals surface area contributed by atoms with Crippen LogP contribution in [0.15, 0.2) is 66.9 Å². The second kappa shape index (κ2) is 18.3. The molecule has 1 aliphatic carbocycles. The highest BCUT2D eigenvalue weighted by molar-refractivity contribution is 5.96. The Morgan fingerprint density at radius 1 is 1.02 bits per heavy atom. The smallest absolute Gasteiger partial charge is 0.255 e. The standard InChI is InChI=1S/C29H37N3O.C3H6.2C2H6/c1-5-28(30)23-10-9-19(2)25(17-23)15-20(3)31-29(33)24-8-6-7-22(16-24)27-18-26(27)21-11-13-32(4)14-12-21;1-3-2;2*1-2/h5-10,15-17,21,26-27H,11-14,18,30H2,1-4H3,(H,31,33);3H,1H2,2H3;2*1-2H3/b20-15+,28-5-;;;. The van der Waals surface area contributed by atoms with Crippen molar-refractivity contribution in [2.24, 2.45) is 17.6 Å². The van der Waals surface area contributed by atoms with Gasteiger partial charge in [0.05, 0.1) is 0 Å². The molecule has 2 aromatic carbocycles. The van der Waals surface area contributed by atoms with E-state index in [0.717, 1.165) is 45.5 Å². The Bertz CT molecular complexity index is 1120. The van der Waals surface area contributed by atoms with Gasteiger partial charge in [0.25, 0.3) is 5.91 Å². The molecule has 1 saturated heterocycles. The van der Waals surface area contributed by atoms with Crippen LogP contribution in [0.3, 0.4) is 0 Å². The van der Waals surface area contributed by atoms with E-state index in [0.29, 0.717) is 5.92 Å². The molecule has 2 aliphatic rings. The summed E-state index contributed by atoms with van der Waals surface area (Å²) in [5, 5.41) is 3.07. The SMILES string of the molecule is C/C=C(\N)c1ccc(C)c(/C=C(\C)NC(=O)c2cccc(C3CC3C3CCN(C)CC3)c2)c1.C=CC.CC.CC. The maximum Gasteiger partial charge on any atom is 0.255 e. The topological polar surface area (TPSA) is 58.4 Å². The van der Waals surface area contributed by atoms with Crippen LogP contribution in [0.5, 0.6) is 0 Å². The van der Waals surface area contributed by atoms with Crippen molar-refractivity contribution in [2.45, 2.75) is 80.6 Å². The lowest BCUT2D eigenvalue weighted by Gasteiger charge is -2.29. The number of hydrogen-bond donors (Lipinski definition) is 2. The first-order valence-electron chi connectivity index (χ1n) is 15.1. The van der Waals surface area contributed by atoms with Gasteiger partial charge in [0.15, 0.2) is 0 Å². The monoisotopic (exact) mass is 545 g/mol. The summed E-state index contributed by atoms with van der Waals surface area (Å²) in [5.74, 6) is 2.19. The third-order valence-electron chi connectivity index (χ3n) is 7.39. The molecule has 1 heterocycles. The van der Waals surface area contributed by atoms with Gasteiger partial charge in [-0.05, 0) is 131 Å². The number of aryl methyl sites for hydroxylation is 1. The van der Waals surface area contributed by atoms with Crippen LogP contribution in [0.4, 0.5) is 0 Å². The van der Waals surface area contributed by atoms with E-state index >= 15 is 0 Å². The molecule has 2 atom stereocenters. The van der Waals surface area contributed by atoms with Gasteiger partial charge in [-0.15, -0.1) is 6.58 Å². The molecule has 0 aromatic heterocycles. The summed E-state index contributed by atoms with van der Waals surface area (Å²) in [7, 11) is 2.22. The van der Waals surface area contributed by atoms with E-state index < -0.39 is 0 Å². The number of nitrogens with one attached hydrogen (secondary N) is 1. The minimum absolute atomic E-state index is 0.0520. The van der Waals surface area contributed by atoms with Crippen LogP contribution in [-0.2, 0) is 0 Å². The van der Waals surface area contributed by atoms with Crippen molar-refractivity contribution in [2.75, 3.05) is 20.1 Å². The summed E-state index contributed by atoms with van der Waals surface area (Å²) >= 11 is 0. The third-order valence-corrected chi connectivity index (χ3v) is 7.39. The lowest BCUT2D eigenvalue weighted by Crippen LogP contribution is -2.31. The number of benzene rings is 2. The number of amides is 1. The highest BCUT2D eigenvalue weighted by Gasteiger charge is 2.44. The van der Waals surface area contributed by atoms with Gasteiger partial charge in [0.1, 0.15) is 0 Å². The highest BCUT2D eigenvalue weighted by atomic mass is 16.1. The zero-order valence-corrected chi connectivity index (χ0v) is 26.7. The highest BCUT2D eigenvalue weighted by Crippen LogP contribution is 2.54. The van der Waals surface area contributed by atoms with Crippen LogP contribution in [0.1, 0.15) is 106 Å². The van der Waals surface area contributed by atoms with Crippen LogP contribution < -0.4 is 11.1 Å². The minimum Gasteiger partial charge on any atom is -0.399 e. The van der Waals surface area contributed by atoms with E-state index in [4.69, 9.17) is 5.73 Å². The summed E-state index contributed by atoms with van der Waals surface area (Å²) in [5.41, 5.74) is 12.9. The van der Waals surface area contributed by atoms with E-state index in [-0.39, 0.29) is 5.91 Å². The van der Waals surface area contributed by atoms with E-state index in [9.17, 15) is 4.79 Å². The number of carbonyl (C=O) groups is 1. The molecule has 2 aromatic rings. The quantitative estimate of drug-likeness (QED) is 0.357. The maximum absolute atomic E-state index is 13.0.